The minimum Gasteiger partial charge on any atom is -0.490 e. The second kappa shape index (κ2) is 9.81. The fourth-order valence-electron chi connectivity index (χ4n) is 4.28. The summed E-state index contributed by atoms with van der Waals surface area (Å²) in [5.41, 5.74) is 2.21. The van der Waals surface area contributed by atoms with Crippen LogP contribution in [0.3, 0.4) is 0 Å². The summed E-state index contributed by atoms with van der Waals surface area (Å²) in [6, 6.07) is 12.2. The van der Waals surface area contributed by atoms with Gasteiger partial charge in [-0.05, 0) is 37.5 Å². The number of para-hydroxylation sites is 1. The van der Waals surface area contributed by atoms with Gasteiger partial charge in [-0.2, -0.15) is 0 Å². The van der Waals surface area contributed by atoms with Gasteiger partial charge in [0.05, 0.1) is 0 Å². The Hall–Kier alpha value is -3.09. The first-order chi connectivity index (χ1) is 15.1. The number of benzene rings is 1. The number of amides is 2. The highest BCUT2D eigenvalue weighted by atomic mass is 16.5. The number of piperidine rings is 1. The Bertz CT molecular complexity index is 897. The van der Waals surface area contributed by atoms with Gasteiger partial charge in [0.25, 0.3) is 0 Å². The maximum atomic E-state index is 12.6. The Labute approximate surface area is 183 Å². The average molecular weight is 423 g/mol. The number of pyridine rings is 1. The van der Waals surface area contributed by atoms with Crippen LogP contribution >= 0.6 is 0 Å². The zero-order valence-electron chi connectivity index (χ0n) is 18.0. The minimum atomic E-state index is -0.498. The van der Waals surface area contributed by atoms with Crippen LogP contribution in [0.15, 0.2) is 48.8 Å². The van der Waals surface area contributed by atoms with Crippen LogP contribution in [0.5, 0.6) is 5.75 Å². The van der Waals surface area contributed by atoms with Gasteiger partial charge in [0.2, 0.25) is 0 Å². The quantitative estimate of drug-likeness (QED) is 0.749. The smallest absolute Gasteiger partial charge is 0.311 e. The zero-order valence-corrected chi connectivity index (χ0v) is 18.0. The maximum absolute atomic E-state index is 12.6. The fourth-order valence-corrected chi connectivity index (χ4v) is 4.28. The highest BCUT2D eigenvalue weighted by Gasteiger charge is 2.29. The van der Waals surface area contributed by atoms with Crippen molar-refractivity contribution >= 4 is 17.5 Å². The molecule has 4 rings (SSSR count). The van der Waals surface area contributed by atoms with Gasteiger partial charge in [-0.3, -0.25) is 14.6 Å². The van der Waals surface area contributed by atoms with Crippen molar-refractivity contribution in [1.82, 2.24) is 15.2 Å². The summed E-state index contributed by atoms with van der Waals surface area (Å²) in [4.78, 5) is 33.0. The molecule has 2 aliphatic heterocycles. The third kappa shape index (κ3) is 5.34. The topological polar surface area (TPSA) is 74.8 Å². The summed E-state index contributed by atoms with van der Waals surface area (Å²) >= 11 is 0. The van der Waals surface area contributed by atoms with Crippen molar-refractivity contribution in [2.45, 2.75) is 32.3 Å². The summed E-state index contributed by atoms with van der Waals surface area (Å²) in [6.07, 6.45) is 6.00. The van der Waals surface area contributed by atoms with Gasteiger partial charge in [-0.25, -0.2) is 0 Å². The Kier molecular flexibility index (Phi) is 6.70. The number of anilines is 1. The van der Waals surface area contributed by atoms with Crippen molar-refractivity contribution < 1.29 is 14.3 Å². The Morgan fingerprint density at radius 3 is 2.61 bits per heavy atom. The number of carbonyl (C=O) groups is 2. The van der Waals surface area contributed by atoms with E-state index in [4.69, 9.17) is 4.74 Å². The second-order valence-corrected chi connectivity index (χ2v) is 8.40. The van der Waals surface area contributed by atoms with Crippen molar-refractivity contribution in [3.05, 3.63) is 54.4 Å². The molecule has 0 spiro atoms. The number of aryl methyl sites for hydroxylation is 1. The van der Waals surface area contributed by atoms with Crippen LogP contribution in [0.2, 0.25) is 0 Å². The summed E-state index contributed by atoms with van der Waals surface area (Å²) in [6.45, 7) is 5.45. The van der Waals surface area contributed by atoms with E-state index in [0.29, 0.717) is 25.6 Å². The number of hydrogen-bond donors (Lipinski definition) is 1. The van der Waals surface area contributed by atoms with Gasteiger partial charge < -0.3 is 19.9 Å². The highest BCUT2D eigenvalue weighted by molar-refractivity contribution is 6.35. The first-order valence-corrected chi connectivity index (χ1v) is 11.0. The van der Waals surface area contributed by atoms with Crippen molar-refractivity contribution in [3.8, 4) is 5.75 Å². The molecule has 0 bridgehead atoms. The molecule has 1 N–H and O–H groups in total. The molecule has 2 fully saturated rings. The normalized spacial score (nSPS) is 19.3. The van der Waals surface area contributed by atoms with Crippen LogP contribution in [0.4, 0.5) is 5.69 Å². The highest BCUT2D eigenvalue weighted by Crippen LogP contribution is 2.23. The van der Waals surface area contributed by atoms with Crippen molar-refractivity contribution in [2.75, 3.05) is 37.6 Å². The van der Waals surface area contributed by atoms with Gasteiger partial charge in [0.15, 0.2) is 0 Å². The molecule has 31 heavy (non-hydrogen) atoms. The summed E-state index contributed by atoms with van der Waals surface area (Å²) in [5, 5.41) is 2.86. The molecule has 164 valence electrons. The molecule has 1 unspecified atom stereocenters. The van der Waals surface area contributed by atoms with E-state index in [1.807, 2.05) is 31.2 Å². The standard InChI is InChI=1S/C24H30N4O3/c1-18-15-25-11-7-22(18)31-21-9-13-27(14-10-21)24(30)23(29)26-16-19-8-12-28(17-19)20-5-3-2-4-6-20/h2-7,11,15,19,21H,8-10,12-14,16-17H2,1H3,(H,26,29). The van der Waals surface area contributed by atoms with E-state index in [1.54, 1.807) is 17.3 Å². The van der Waals surface area contributed by atoms with Crippen LogP contribution in [-0.2, 0) is 9.59 Å². The van der Waals surface area contributed by atoms with E-state index in [1.165, 1.54) is 5.69 Å². The molecule has 2 aliphatic rings. The number of aromatic nitrogens is 1. The largest absolute Gasteiger partial charge is 0.490 e. The predicted molar refractivity (Wildman–Crippen MR) is 119 cm³/mol. The lowest BCUT2D eigenvalue weighted by atomic mass is 10.1. The van der Waals surface area contributed by atoms with Crippen LogP contribution in [-0.4, -0.2) is 60.5 Å². The van der Waals surface area contributed by atoms with Gasteiger partial charge in [-0.1, -0.05) is 18.2 Å². The van der Waals surface area contributed by atoms with E-state index < -0.39 is 11.8 Å². The monoisotopic (exact) mass is 422 g/mol. The molecule has 7 nitrogen and oxygen atoms in total. The summed E-state index contributed by atoms with van der Waals surface area (Å²) in [7, 11) is 0. The molecule has 2 aromatic rings. The zero-order chi connectivity index (χ0) is 21.6. The first kappa shape index (κ1) is 21.2. The van der Waals surface area contributed by atoms with Crippen LogP contribution in [0.1, 0.15) is 24.8 Å². The average Bonchev–Trinajstić information content (AvgIpc) is 3.29. The van der Waals surface area contributed by atoms with Crippen LogP contribution in [0, 0.1) is 12.8 Å². The van der Waals surface area contributed by atoms with Crippen molar-refractivity contribution in [3.63, 3.8) is 0 Å². The minimum absolute atomic E-state index is 0.0515. The predicted octanol–water partition coefficient (Wildman–Crippen LogP) is 2.40. The lowest BCUT2D eigenvalue weighted by Crippen LogP contribution is -2.48. The number of carbonyl (C=O) groups excluding carboxylic acids is 2. The van der Waals surface area contributed by atoms with E-state index in [9.17, 15) is 9.59 Å². The third-order valence-electron chi connectivity index (χ3n) is 6.14. The van der Waals surface area contributed by atoms with E-state index in [0.717, 1.165) is 43.7 Å². The SMILES string of the molecule is Cc1cnccc1OC1CCN(C(=O)C(=O)NCC2CCN(c3ccccc3)C2)CC1. The molecular weight excluding hydrogens is 392 g/mol. The third-order valence-corrected chi connectivity index (χ3v) is 6.14. The molecular formula is C24H30N4O3. The number of likely N-dealkylation sites (tertiary alicyclic amines) is 1. The molecule has 2 amide bonds. The molecule has 1 aromatic heterocycles. The molecule has 0 radical (unpaired) electrons. The summed E-state index contributed by atoms with van der Waals surface area (Å²) in [5.74, 6) is 0.261. The Morgan fingerprint density at radius 2 is 1.87 bits per heavy atom. The van der Waals surface area contributed by atoms with Crippen LogP contribution in [0.25, 0.3) is 0 Å². The molecule has 3 heterocycles. The number of nitrogens with zero attached hydrogens (tertiary/aromatic N) is 3. The van der Waals surface area contributed by atoms with Crippen molar-refractivity contribution in [2.24, 2.45) is 5.92 Å². The van der Waals surface area contributed by atoms with Crippen LogP contribution < -0.4 is 15.0 Å². The Morgan fingerprint density at radius 1 is 1.10 bits per heavy atom. The molecule has 0 saturated carbocycles. The van der Waals surface area contributed by atoms with Crippen molar-refractivity contribution in [1.29, 1.82) is 0 Å². The second-order valence-electron chi connectivity index (χ2n) is 8.40. The molecule has 0 aliphatic carbocycles. The number of rotatable bonds is 5. The van der Waals surface area contributed by atoms with Gasteiger partial charge >= 0.3 is 11.8 Å². The fraction of sp³-hybridized carbons (Fsp3) is 0.458. The maximum Gasteiger partial charge on any atom is 0.311 e. The van der Waals surface area contributed by atoms with Gasteiger partial charge in [0, 0.05) is 69.2 Å². The molecule has 1 aromatic carbocycles. The molecule has 1 atom stereocenters. The van der Waals surface area contributed by atoms with Gasteiger partial charge in [-0.15, -0.1) is 0 Å². The lowest BCUT2D eigenvalue weighted by molar-refractivity contribution is -0.147. The number of hydrogen-bond acceptors (Lipinski definition) is 5. The van der Waals surface area contributed by atoms with E-state index >= 15 is 0 Å². The van der Waals surface area contributed by atoms with E-state index in [-0.39, 0.29) is 6.10 Å². The summed E-state index contributed by atoms with van der Waals surface area (Å²) < 4.78 is 6.05. The molecule has 7 heteroatoms. The lowest BCUT2D eigenvalue weighted by Gasteiger charge is -2.32. The Balaban J connectivity index is 1.19. The van der Waals surface area contributed by atoms with E-state index in [2.05, 4.69) is 27.3 Å². The van der Waals surface area contributed by atoms with Gasteiger partial charge in [0.1, 0.15) is 11.9 Å². The first-order valence-electron chi connectivity index (χ1n) is 11.0. The number of nitrogens with one attached hydrogen (secondary N) is 1. The number of ether oxygens (including phenoxy) is 1. The molecule has 2 saturated heterocycles.